The Morgan fingerprint density at radius 3 is 2.65 bits per heavy atom. The average molecular weight is 260 g/mol. The quantitative estimate of drug-likeness (QED) is 0.313. The molecule has 0 aliphatic heterocycles. The Bertz CT molecular complexity index is 478. The van der Waals surface area contributed by atoms with Gasteiger partial charge in [-0.3, -0.25) is 15.5 Å². The summed E-state index contributed by atoms with van der Waals surface area (Å²) in [6.45, 7) is 1.57. The summed E-state index contributed by atoms with van der Waals surface area (Å²) in [4.78, 5) is 21.2. The number of nitro groups is 1. The lowest BCUT2D eigenvalue weighted by Gasteiger charge is -2.18. The monoisotopic (exact) mass is 259 g/mol. The molecule has 0 unspecified atom stereocenters. The van der Waals surface area contributed by atoms with Crippen LogP contribution in [-0.2, 0) is 0 Å². The topological polar surface area (TPSA) is 128 Å². The molecule has 0 aromatic heterocycles. The zero-order valence-corrected chi connectivity index (χ0v) is 9.56. The van der Waals surface area contributed by atoms with Crippen molar-refractivity contribution in [2.75, 3.05) is 5.01 Å². The second-order valence-electron chi connectivity index (χ2n) is 3.15. The van der Waals surface area contributed by atoms with E-state index in [1.54, 1.807) is 6.92 Å². The van der Waals surface area contributed by atoms with Gasteiger partial charge >= 0.3 is 6.03 Å². The van der Waals surface area contributed by atoms with Crippen molar-refractivity contribution < 1.29 is 9.72 Å². The van der Waals surface area contributed by atoms with Crippen LogP contribution in [0.15, 0.2) is 12.1 Å². The molecule has 9 heteroatoms. The summed E-state index contributed by atoms with van der Waals surface area (Å²) in [5.74, 6) is 10.4. The van der Waals surface area contributed by atoms with Crippen LogP contribution in [0, 0.1) is 17.0 Å². The number of nitrogens with zero attached hydrogens (tertiary/aromatic N) is 2. The number of hydrogen-bond donors (Lipinski definition) is 3. The highest BCUT2D eigenvalue weighted by molar-refractivity contribution is 6.32. The third kappa shape index (κ3) is 2.61. The SMILES string of the molecule is Cc1c(Cl)cc([N+](=O)[O-])cc1N(N)C(=O)NN. The first kappa shape index (κ1) is 13.2. The molecule has 17 heavy (non-hydrogen) atoms. The summed E-state index contributed by atoms with van der Waals surface area (Å²) in [5.41, 5.74) is 2.08. The molecule has 0 spiro atoms. The molecule has 0 saturated carbocycles. The van der Waals surface area contributed by atoms with Crippen LogP contribution in [0.4, 0.5) is 16.2 Å². The van der Waals surface area contributed by atoms with Crippen LogP contribution in [0.3, 0.4) is 0 Å². The van der Waals surface area contributed by atoms with Crippen molar-refractivity contribution in [2.45, 2.75) is 6.92 Å². The molecule has 1 aromatic rings. The summed E-state index contributed by atoms with van der Waals surface area (Å²) >= 11 is 5.81. The number of non-ortho nitro benzene ring substituents is 1. The Hall–Kier alpha value is -1.90. The number of rotatable bonds is 2. The highest BCUT2D eigenvalue weighted by Gasteiger charge is 2.19. The van der Waals surface area contributed by atoms with E-state index < -0.39 is 11.0 Å². The number of halogens is 1. The summed E-state index contributed by atoms with van der Waals surface area (Å²) < 4.78 is 0. The molecule has 0 aliphatic rings. The van der Waals surface area contributed by atoms with Gasteiger partial charge in [0.25, 0.3) is 5.69 Å². The average Bonchev–Trinajstić information content (AvgIpc) is 2.30. The molecule has 1 rings (SSSR count). The molecule has 0 aliphatic carbocycles. The van der Waals surface area contributed by atoms with E-state index in [4.69, 9.17) is 23.3 Å². The lowest BCUT2D eigenvalue weighted by Crippen LogP contribution is -2.48. The van der Waals surface area contributed by atoms with Crippen molar-refractivity contribution in [1.29, 1.82) is 0 Å². The smallest absolute Gasteiger partial charge is 0.274 e. The number of carbonyl (C=O) groups excluding carboxylic acids is 1. The number of nitrogens with two attached hydrogens (primary N) is 2. The van der Waals surface area contributed by atoms with Gasteiger partial charge in [0, 0.05) is 12.1 Å². The predicted molar refractivity (Wildman–Crippen MR) is 62.2 cm³/mol. The van der Waals surface area contributed by atoms with Crippen LogP contribution in [0.5, 0.6) is 0 Å². The van der Waals surface area contributed by atoms with Gasteiger partial charge in [0.1, 0.15) is 0 Å². The molecule has 92 valence electrons. The summed E-state index contributed by atoms with van der Waals surface area (Å²) in [5, 5.41) is 11.4. The van der Waals surface area contributed by atoms with Crippen LogP contribution in [0.25, 0.3) is 0 Å². The predicted octanol–water partition coefficient (Wildman–Crippen LogP) is 0.820. The van der Waals surface area contributed by atoms with Crippen molar-refractivity contribution >= 4 is 29.0 Å². The minimum Gasteiger partial charge on any atom is -0.274 e. The fourth-order valence-corrected chi connectivity index (χ4v) is 1.39. The zero-order chi connectivity index (χ0) is 13.2. The van der Waals surface area contributed by atoms with Gasteiger partial charge in [-0.25, -0.2) is 21.5 Å². The molecule has 2 amide bonds. The Labute approximate surface area is 101 Å². The number of amides is 2. The van der Waals surface area contributed by atoms with Gasteiger partial charge in [-0.15, -0.1) is 0 Å². The highest BCUT2D eigenvalue weighted by Crippen LogP contribution is 2.30. The third-order valence-electron chi connectivity index (χ3n) is 2.11. The summed E-state index contributed by atoms with van der Waals surface area (Å²) in [6.07, 6.45) is 0. The minimum atomic E-state index is -0.815. The van der Waals surface area contributed by atoms with Gasteiger partial charge in [-0.05, 0) is 12.5 Å². The molecular formula is C8H10ClN5O3. The maximum absolute atomic E-state index is 11.2. The minimum absolute atomic E-state index is 0.104. The zero-order valence-electron chi connectivity index (χ0n) is 8.81. The van der Waals surface area contributed by atoms with Gasteiger partial charge in [0.05, 0.1) is 15.6 Å². The largest absolute Gasteiger partial charge is 0.350 e. The van der Waals surface area contributed by atoms with E-state index in [1.165, 1.54) is 6.07 Å². The van der Waals surface area contributed by atoms with Crippen molar-refractivity contribution in [1.82, 2.24) is 5.43 Å². The van der Waals surface area contributed by atoms with Crippen molar-refractivity contribution in [3.63, 3.8) is 0 Å². The highest BCUT2D eigenvalue weighted by atomic mass is 35.5. The molecule has 0 saturated heterocycles. The van der Waals surface area contributed by atoms with Crippen LogP contribution in [0.2, 0.25) is 5.02 Å². The molecule has 5 N–H and O–H groups in total. The van der Waals surface area contributed by atoms with Crippen molar-refractivity contribution in [3.8, 4) is 0 Å². The van der Waals surface area contributed by atoms with Crippen LogP contribution >= 0.6 is 11.6 Å². The number of anilines is 1. The van der Waals surface area contributed by atoms with E-state index in [-0.39, 0.29) is 16.4 Å². The number of nitrogens with one attached hydrogen (secondary N) is 1. The maximum atomic E-state index is 11.2. The number of hydrogen-bond acceptors (Lipinski definition) is 5. The van der Waals surface area contributed by atoms with E-state index in [1.807, 2.05) is 5.43 Å². The normalized spacial score (nSPS) is 9.88. The van der Waals surface area contributed by atoms with E-state index in [9.17, 15) is 14.9 Å². The lowest BCUT2D eigenvalue weighted by atomic mass is 10.1. The maximum Gasteiger partial charge on any atom is 0.350 e. The fraction of sp³-hybridized carbons (Fsp3) is 0.125. The number of nitro benzene ring substituents is 1. The second-order valence-corrected chi connectivity index (χ2v) is 3.56. The first-order valence-electron chi connectivity index (χ1n) is 4.38. The van der Waals surface area contributed by atoms with E-state index in [0.717, 1.165) is 6.07 Å². The Kier molecular flexibility index (Phi) is 3.84. The van der Waals surface area contributed by atoms with Crippen LogP contribution in [-0.4, -0.2) is 11.0 Å². The molecule has 0 radical (unpaired) electrons. The molecular weight excluding hydrogens is 250 g/mol. The summed E-state index contributed by atoms with van der Waals surface area (Å²) in [7, 11) is 0. The fourth-order valence-electron chi connectivity index (χ4n) is 1.19. The van der Waals surface area contributed by atoms with Crippen LogP contribution < -0.4 is 22.1 Å². The third-order valence-corrected chi connectivity index (χ3v) is 2.51. The molecule has 0 fully saturated rings. The van der Waals surface area contributed by atoms with Crippen LogP contribution in [0.1, 0.15) is 5.56 Å². The van der Waals surface area contributed by atoms with Gasteiger partial charge in [-0.1, -0.05) is 11.6 Å². The van der Waals surface area contributed by atoms with Gasteiger partial charge in [-0.2, -0.15) is 0 Å². The standard InChI is InChI=1S/C8H10ClN5O3/c1-4-6(9)2-5(14(16)17)3-7(4)13(11)8(15)12-10/h2-3H,10-11H2,1H3,(H,12,15). The number of hydrazine groups is 2. The van der Waals surface area contributed by atoms with E-state index in [2.05, 4.69) is 0 Å². The molecule has 1 aromatic carbocycles. The van der Waals surface area contributed by atoms with Gasteiger partial charge in [0.15, 0.2) is 0 Å². The summed E-state index contributed by atoms with van der Waals surface area (Å²) in [6, 6.07) is 1.50. The first-order chi connectivity index (χ1) is 7.88. The van der Waals surface area contributed by atoms with Crippen molar-refractivity contribution in [2.24, 2.45) is 11.7 Å². The van der Waals surface area contributed by atoms with Gasteiger partial charge in [0.2, 0.25) is 0 Å². The lowest BCUT2D eigenvalue weighted by molar-refractivity contribution is -0.384. The second kappa shape index (κ2) is 4.95. The molecule has 0 atom stereocenters. The number of urea groups is 1. The Balaban J connectivity index is 3.31. The molecule has 0 heterocycles. The number of benzene rings is 1. The van der Waals surface area contributed by atoms with E-state index >= 15 is 0 Å². The molecule has 0 bridgehead atoms. The first-order valence-corrected chi connectivity index (χ1v) is 4.76. The molecule has 8 nitrogen and oxygen atoms in total. The Morgan fingerprint density at radius 1 is 1.59 bits per heavy atom. The Morgan fingerprint density at radius 2 is 2.18 bits per heavy atom. The van der Waals surface area contributed by atoms with Gasteiger partial charge < -0.3 is 0 Å². The number of carbonyl (C=O) groups is 1. The van der Waals surface area contributed by atoms with E-state index in [0.29, 0.717) is 10.6 Å². The van der Waals surface area contributed by atoms with Crippen molar-refractivity contribution in [3.05, 3.63) is 32.8 Å².